The second-order valence-corrected chi connectivity index (χ2v) is 3.07. The van der Waals surface area contributed by atoms with E-state index in [-0.39, 0.29) is 6.03 Å². The lowest BCUT2D eigenvalue weighted by Gasteiger charge is -2.14. The van der Waals surface area contributed by atoms with Gasteiger partial charge in [-0.15, -0.1) is 0 Å². The Labute approximate surface area is 83.5 Å². The Bertz CT molecular complexity index is 308. The van der Waals surface area contributed by atoms with Gasteiger partial charge in [0.15, 0.2) is 0 Å². The van der Waals surface area contributed by atoms with Crippen molar-refractivity contribution in [2.45, 2.75) is 20.3 Å². The van der Waals surface area contributed by atoms with Crippen molar-refractivity contribution >= 4 is 11.8 Å². The molecule has 5 nitrogen and oxygen atoms in total. The highest BCUT2D eigenvalue weighted by Gasteiger charge is 2.09. The van der Waals surface area contributed by atoms with E-state index >= 15 is 0 Å². The molecule has 0 atom stereocenters. The monoisotopic (exact) mass is 196 g/mol. The minimum absolute atomic E-state index is 0.119. The summed E-state index contributed by atoms with van der Waals surface area (Å²) >= 11 is 0. The van der Waals surface area contributed by atoms with Gasteiger partial charge in [-0.05, 0) is 13.3 Å². The molecule has 0 saturated carbocycles. The van der Waals surface area contributed by atoms with Gasteiger partial charge in [-0.2, -0.15) is 5.10 Å². The van der Waals surface area contributed by atoms with Crippen molar-refractivity contribution in [2.75, 3.05) is 18.9 Å². The van der Waals surface area contributed by atoms with E-state index in [1.54, 1.807) is 18.1 Å². The maximum Gasteiger partial charge on any atom is 0.322 e. The molecule has 5 heteroatoms. The predicted molar refractivity (Wildman–Crippen MR) is 55.3 cm³/mol. The van der Waals surface area contributed by atoms with Crippen molar-refractivity contribution in [1.29, 1.82) is 0 Å². The topological polar surface area (TPSA) is 61.0 Å². The molecule has 1 aromatic rings. The van der Waals surface area contributed by atoms with Crippen LogP contribution < -0.4 is 5.32 Å². The Hall–Kier alpha value is -1.52. The van der Waals surface area contributed by atoms with Gasteiger partial charge in [-0.1, -0.05) is 6.92 Å². The summed E-state index contributed by atoms with van der Waals surface area (Å²) in [6, 6.07) is -0.119. The predicted octanol–water partition coefficient (Wildman–Crippen LogP) is 1.46. The molecule has 0 fully saturated rings. The molecule has 0 bridgehead atoms. The number of urea groups is 1. The number of carbonyl (C=O) groups excluding carboxylic acids is 1. The summed E-state index contributed by atoms with van der Waals surface area (Å²) in [4.78, 5) is 13.1. The summed E-state index contributed by atoms with van der Waals surface area (Å²) in [6.45, 7) is 4.62. The third kappa shape index (κ3) is 2.25. The smallest absolute Gasteiger partial charge is 0.322 e. The van der Waals surface area contributed by atoms with Gasteiger partial charge in [0.05, 0.1) is 6.20 Å². The van der Waals surface area contributed by atoms with Crippen molar-refractivity contribution in [1.82, 2.24) is 15.1 Å². The molecule has 78 valence electrons. The summed E-state index contributed by atoms with van der Waals surface area (Å²) in [5.74, 6) is 0.692. The molecular formula is C9H16N4O. The Kier molecular flexibility index (Phi) is 3.50. The van der Waals surface area contributed by atoms with Crippen LogP contribution in [0.4, 0.5) is 10.6 Å². The van der Waals surface area contributed by atoms with Gasteiger partial charge in [0, 0.05) is 19.2 Å². The number of hydrogen-bond acceptors (Lipinski definition) is 2. The van der Waals surface area contributed by atoms with Crippen LogP contribution in [0.25, 0.3) is 0 Å². The van der Waals surface area contributed by atoms with Crippen LogP contribution >= 0.6 is 0 Å². The summed E-state index contributed by atoms with van der Waals surface area (Å²) in [5.41, 5.74) is 1.02. The van der Waals surface area contributed by atoms with E-state index in [9.17, 15) is 4.79 Å². The standard InChI is InChI=1S/C9H16N4O/c1-4-7-6-10-12-8(7)11-9(14)13(3)5-2/h6H,4-5H2,1-3H3,(H2,10,11,12,14). The molecule has 0 unspecified atom stereocenters. The molecule has 2 N–H and O–H groups in total. The van der Waals surface area contributed by atoms with Gasteiger partial charge < -0.3 is 4.90 Å². The van der Waals surface area contributed by atoms with Crippen molar-refractivity contribution < 1.29 is 4.79 Å². The van der Waals surface area contributed by atoms with Crippen molar-refractivity contribution in [3.05, 3.63) is 11.8 Å². The summed E-state index contributed by atoms with van der Waals surface area (Å²) in [7, 11) is 1.75. The Morgan fingerprint density at radius 1 is 1.64 bits per heavy atom. The molecule has 1 heterocycles. The van der Waals surface area contributed by atoms with Crippen LogP contribution in [-0.2, 0) is 6.42 Å². The van der Waals surface area contributed by atoms with E-state index in [4.69, 9.17) is 0 Å². The van der Waals surface area contributed by atoms with Gasteiger partial charge >= 0.3 is 6.03 Å². The fraction of sp³-hybridized carbons (Fsp3) is 0.556. The number of nitrogens with zero attached hydrogens (tertiary/aromatic N) is 2. The molecule has 0 spiro atoms. The van der Waals surface area contributed by atoms with Gasteiger partial charge in [0.1, 0.15) is 5.82 Å². The van der Waals surface area contributed by atoms with Crippen LogP contribution in [0.3, 0.4) is 0 Å². The number of aromatic nitrogens is 2. The van der Waals surface area contributed by atoms with Crippen molar-refractivity contribution in [3.63, 3.8) is 0 Å². The van der Waals surface area contributed by atoms with Gasteiger partial charge in [-0.25, -0.2) is 4.79 Å². The highest BCUT2D eigenvalue weighted by Crippen LogP contribution is 2.11. The number of nitrogens with one attached hydrogen (secondary N) is 2. The normalized spacial score (nSPS) is 9.93. The number of aromatic amines is 1. The maximum atomic E-state index is 11.5. The van der Waals surface area contributed by atoms with Gasteiger partial charge in [0.25, 0.3) is 0 Å². The second-order valence-electron chi connectivity index (χ2n) is 3.07. The zero-order chi connectivity index (χ0) is 10.6. The highest BCUT2D eigenvalue weighted by atomic mass is 16.2. The van der Waals surface area contributed by atoms with Crippen LogP contribution in [0.15, 0.2) is 6.20 Å². The zero-order valence-corrected chi connectivity index (χ0v) is 8.79. The molecule has 14 heavy (non-hydrogen) atoms. The van der Waals surface area contributed by atoms with Crippen LogP contribution in [0.1, 0.15) is 19.4 Å². The zero-order valence-electron chi connectivity index (χ0n) is 8.79. The minimum Gasteiger partial charge on any atom is -0.328 e. The summed E-state index contributed by atoms with van der Waals surface area (Å²) in [6.07, 6.45) is 2.57. The molecule has 0 aliphatic rings. The lowest BCUT2D eigenvalue weighted by atomic mass is 10.2. The number of aryl methyl sites for hydroxylation is 1. The Balaban J connectivity index is 2.64. The minimum atomic E-state index is -0.119. The first kappa shape index (κ1) is 10.6. The molecule has 1 rings (SSSR count). The van der Waals surface area contributed by atoms with Crippen molar-refractivity contribution in [2.24, 2.45) is 0 Å². The Morgan fingerprint density at radius 3 is 2.93 bits per heavy atom. The lowest BCUT2D eigenvalue weighted by Crippen LogP contribution is -2.31. The van der Waals surface area contributed by atoms with Gasteiger partial charge in [0.2, 0.25) is 0 Å². The molecule has 0 aliphatic heterocycles. The van der Waals surface area contributed by atoms with Crippen molar-refractivity contribution in [3.8, 4) is 0 Å². The molecule has 2 amide bonds. The van der Waals surface area contributed by atoms with E-state index in [1.165, 1.54) is 0 Å². The van der Waals surface area contributed by atoms with Crippen LogP contribution in [0.5, 0.6) is 0 Å². The van der Waals surface area contributed by atoms with E-state index in [0.29, 0.717) is 12.4 Å². The molecule has 0 saturated heterocycles. The largest absolute Gasteiger partial charge is 0.328 e. The first-order valence-electron chi connectivity index (χ1n) is 4.73. The SMILES string of the molecule is CCc1cn[nH]c1NC(=O)N(C)CC. The summed E-state index contributed by atoms with van der Waals surface area (Å²) in [5, 5.41) is 9.39. The van der Waals surface area contributed by atoms with E-state index in [2.05, 4.69) is 15.5 Å². The first-order chi connectivity index (χ1) is 6.69. The lowest BCUT2D eigenvalue weighted by molar-refractivity contribution is 0.224. The first-order valence-corrected chi connectivity index (χ1v) is 4.73. The number of anilines is 1. The molecule has 0 radical (unpaired) electrons. The number of rotatable bonds is 3. The average Bonchev–Trinajstić information content (AvgIpc) is 2.63. The molecule has 0 aliphatic carbocycles. The van der Waals surface area contributed by atoms with Crippen LogP contribution in [0, 0.1) is 0 Å². The number of hydrogen-bond donors (Lipinski definition) is 2. The summed E-state index contributed by atoms with van der Waals surface area (Å²) < 4.78 is 0. The Morgan fingerprint density at radius 2 is 2.36 bits per heavy atom. The highest BCUT2D eigenvalue weighted by molar-refractivity contribution is 5.88. The molecular weight excluding hydrogens is 180 g/mol. The number of carbonyl (C=O) groups is 1. The fourth-order valence-corrected chi connectivity index (χ4v) is 1.03. The number of amides is 2. The van der Waals surface area contributed by atoms with Crippen LogP contribution in [-0.4, -0.2) is 34.7 Å². The van der Waals surface area contributed by atoms with E-state index < -0.39 is 0 Å². The maximum absolute atomic E-state index is 11.5. The van der Waals surface area contributed by atoms with Crippen LogP contribution in [0.2, 0.25) is 0 Å². The average molecular weight is 196 g/mol. The molecule has 0 aromatic carbocycles. The quantitative estimate of drug-likeness (QED) is 0.768. The third-order valence-corrected chi connectivity index (χ3v) is 2.15. The van der Waals surface area contributed by atoms with Gasteiger partial charge in [-0.3, -0.25) is 10.4 Å². The second kappa shape index (κ2) is 4.64. The van der Waals surface area contributed by atoms with E-state index in [1.807, 2.05) is 13.8 Å². The number of H-pyrrole nitrogens is 1. The third-order valence-electron chi connectivity index (χ3n) is 2.15. The fourth-order valence-electron chi connectivity index (χ4n) is 1.03. The molecule has 1 aromatic heterocycles. The van der Waals surface area contributed by atoms with E-state index in [0.717, 1.165) is 12.0 Å².